The molecule has 3 rings (SSSR count). The molecule has 2 aromatic rings. The molecule has 6 heteroatoms. The van der Waals surface area contributed by atoms with Crippen LogP contribution in [0.2, 0.25) is 0 Å². The van der Waals surface area contributed by atoms with Crippen molar-refractivity contribution in [2.75, 3.05) is 0 Å². The van der Waals surface area contributed by atoms with Crippen LogP contribution in [0.25, 0.3) is 0 Å². The van der Waals surface area contributed by atoms with Gasteiger partial charge in [-0.15, -0.1) is 5.10 Å². The van der Waals surface area contributed by atoms with Crippen LogP contribution in [0.1, 0.15) is 37.2 Å². The summed E-state index contributed by atoms with van der Waals surface area (Å²) in [4.78, 5) is 0. The van der Waals surface area contributed by atoms with E-state index in [9.17, 15) is 4.39 Å². The molecule has 0 aliphatic heterocycles. The Morgan fingerprint density at radius 3 is 2.95 bits per heavy atom. The van der Waals surface area contributed by atoms with Gasteiger partial charge in [-0.3, -0.25) is 0 Å². The molecule has 19 heavy (non-hydrogen) atoms. The number of nitrogens with one attached hydrogen (secondary N) is 1. The van der Waals surface area contributed by atoms with Gasteiger partial charge in [0, 0.05) is 11.6 Å². The first-order valence-electron chi connectivity index (χ1n) is 6.50. The number of aromatic nitrogens is 4. The normalized spacial score (nSPS) is 16.5. The predicted molar refractivity (Wildman–Crippen MR) is 67.9 cm³/mol. The quantitative estimate of drug-likeness (QED) is 0.889. The second-order valence-corrected chi connectivity index (χ2v) is 4.89. The van der Waals surface area contributed by atoms with Gasteiger partial charge in [-0.2, -0.15) is 0 Å². The van der Waals surface area contributed by atoms with Gasteiger partial charge in [0.2, 0.25) is 0 Å². The van der Waals surface area contributed by atoms with Crippen molar-refractivity contribution in [2.45, 2.75) is 38.4 Å². The van der Waals surface area contributed by atoms with Crippen molar-refractivity contribution in [3.63, 3.8) is 0 Å². The molecular weight excluding hydrogens is 245 g/mol. The number of rotatable bonds is 5. The molecule has 0 amide bonds. The van der Waals surface area contributed by atoms with Crippen molar-refractivity contribution in [1.82, 2.24) is 25.5 Å². The maximum atomic E-state index is 13.8. The first-order valence-corrected chi connectivity index (χ1v) is 6.50. The van der Waals surface area contributed by atoms with Crippen LogP contribution in [0.15, 0.2) is 24.3 Å². The predicted octanol–water partition coefficient (Wildman–Crippen LogP) is 1.67. The van der Waals surface area contributed by atoms with Crippen LogP contribution in [0.5, 0.6) is 0 Å². The SMILES string of the molecule is CC(c1ccccc1F)n1nnnc1CNC1CC1. The molecule has 1 saturated carbocycles. The van der Waals surface area contributed by atoms with Gasteiger partial charge in [0.1, 0.15) is 5.82 Å². The molecule has 1 aromatic carbocycles. The van der Waals surface area contributed by atoms with Gasteiger partial charge in [0.15, 0.2) is 5.82 Å². The van der Waals surface area contributed by atoms with Crippen molar-refractivity contribution >= 4 is 0 Å². The summed E-state index contributed by atoms with van der Waals surface area (Å²) in [6.07, 6.45) is 2.43. The summed E-state index contributed by atoms with van der Waals surface area (Å²) in [5.41, 5.74) is 0.600. The van der Waals surface area contributed by atoms with Gasteiger partial charge in [-0.1, -0.05) is 18.2 Å². The van der Waals surface area contributed by atoms with E-state index in [0.717, 1.165) is 5.82 Å². The van der Waals surface area contributed by atoms with Crippen molar-refractivity contribution in [3.8, 4) is 0 Å². The Hall–Kier alpha value is -1.82. The molecule has 1 aromatic heterocycles. The monoisotopic (exact) mass is 261 g/mol. The van der Waals surface area contributed by atoms with Crippen LogP contribution in [0, 0.1) is 5.82 Å². The lowest BCUT2D eigenvalue weighted by Crippen LogP contribution is -2.21. The average Bonchev–Trinajstić information content (AvgIpc) is 3.13. The Bertz CT molecular complexity index is 564. The zero-order valence-corrected chi connectivity index (χ0v) is 10.8. The molecule has 1 heterocycles. The molecule has 0 bridgehead atoms. The minimum atomic E-state index is -0.230. The fourth-order valence-electron chi connectivity index (χ4n) is 2.10. The van der Waals surface area contributed by atoms with Crippen LogP contribution in [0.3, 0.4) is 0 Å². The van der Waals surface area contributed by atoms with Crippen LogP contribution < -0.4 is 5.32 Å². The Kier molecular flexibility index (Phi) is 3.25. The molecule has 1 fully saturated rings. The first kappa shape index (κ1) is 12.2. The number of tetrazole rings is 1. The molecule has 100 valence electrons. The van der Waals surface area contributed by atoms with Gasteiger partial charge in [0.25, 0.3) is 0 Å². The van der Waals surface area contributed by atoms with E-state index in [1.54, 1.807) is 16.8 Å². The Morgan fingerprint density at radius 1 is 1.42 bits per heavy atom. The second kappa shape index (κ2) is 5.05. The highest BCUT2D eigenvalue weighted by Crippen LogP contribution is 2.22. The van der Waals surface area contributed by atoms with E-state index in [4.69, 9.17) is 0 Å². The zero-order valence-electron chi connectivity index (χ0n) is 10.8. The minimum Gasteiger partial charge on any atom is -0.307 e. The highest BCUT2D eigenvalue weighted by Gasteiger charge is 2.23. The van der Waals surface area contributed by atoms with Gasteiger partial charge in [-0.05, 0) is 36.3 Å². The fourth-order valence-corrected chi connectivity index (χ4v) is 2.10. The first-order chi connectivity index (χ1) is 9.25. The van der Waals surface area contributed by atoms with Crippen molar-refractivity contribution in [2.24, 2.45) is 0 Å². The Balaban J connectivity index is 1.81. The van der Waals surface area contributed by atoms with E-state index in [1.165, 1.54) is 18.9 Å². The standard InChI is InChI=1S/C13H16FN5/c1-9(11-4-2-3-5-12(11)14)19-13(16-17-18-19)8-15-10-6-7-10/h2-5,9-10,15H,6-8H2,1H3. The summed E-state index contributed by atoms with van der Waals surface area (Å²) in [6.45, 7) is 2.52. The second-order valence-electron chi connectivity index (χ2n) is 4.89. The number of benzene rings is 1. The summed E-state index contributed by atoms with van der Waals surface area (Å²) < 4.78 is 15.5. The molecule has 1 aliphatic carbocycles. The molecule has 1 aliphatic rings. The molecule has 1 N–H and O–H groups in total. The summed E-state index contributed by atoms with van der Waals surface area (Å²) in [7, 11) is 0. The Labute approximate surface area is 110 Å². The van der Waals surface area contributed by atoms with Crippen LogP contribution in [-0.4, -0.2) is 26.2 Å². The number of hydrogen-bond donors (Lipinski definition) is 1. The molecule has 1 atom stereocenters. The molecular formula is C13H16FN5. The lowest BCUT2D eigenvalue weighted by Gasteiger charge is -2.14. The van der Waals surface area contributed by atoms with E-state index in [1.807, 2.05) is 13.0 Å². The van der Waals surface area contributed by atoms with Crippen molar-refractivity contribution < 1.29 is 4.39 Å². The third kappa shape index (κ3) is 2.63. The van der Waals surface area contributed by atoms with E-state index >= 15 is 0 Å². The fraction of sp³-hybridized carbons (Fsp3) is 0.462. The van der Waals surface area contributed by atoms with Gasteiger partial charge >= 0.3 is 0 Å². The van der Waals surface area contributed by atoms with E-state index < -0.39 is 0 Å². The third-order valence-electron chi connectivity index (χ3n) is 3.41. The maximum Gasteiger partial charge on any atom is 0.165 e. The lowest BCUT2D eigenvalue weighted by atomic mass is 10.1. The largest absolute Gasteiger partial charge is 0.307 e. The maximum absolute atomic E-state index is 13.8. The lowest BCUT2D eigenvalue weighted by molar-refractivity contribution is 0.482. The summed E-state index contributed by atoms with van der Waals surface area (Å²) >= 11 is 0. The van der Waals surface area contributed by atoms with Gasteiger partial charge in [0.05, 0.1) is 12.6 Å². The summed E-state index contributed by atoms with van der Waals surface area (Å²) in [5.74, 6) is 0.509. The Morgan fingerprint density at radius 2 is 2.21 bits per heavy atom. The number of nitrogens with zero attached hydrogens (tertiary/aromatic N) is 4. The van der Waals surface area contributed by atoms with Crippen LogP contribution in [-0.2, 0) is 6.54 Å². The van der Waals surface area contributed by atoms with Crippen molar-refractivity contribution in [1.29, 1.82) is 0 Å². The molecule has 5 nitrogen and oxygen atoms in total. The van der Waals surface area contributed by atoms with Gasteiger partial charge in [-0.25, -0.2) is 9.07 Å². The average molecular weight is 261 g/mol. The number of hydrogen-bond acceptors (Lipinski definition) is 4. The van der Waals surface area contributed by atoms with E-state index in [-0.39, 0.29) is 11.9 Å². The molecule has 0 spiro atoms. The minimum absolute atomic E-state index is 0.216. The zero-order chi connectivity index (χ0) is 13.2. The summed E-state index contributed by atoms with van der Waals surface area (Å²) in [5, 5.41) is 15.1. The van der Waals surface area contributed by atoms with Crippen molar-refractivity contribution in [3.05, 3.63) is 41.5 Å². The van der Waals surface area contributed by atoms with Crippen LogP contribution in [0.4, 0.5) is 4.39 Å². The summed E-state index contributed by atoms with van der Waals surface area (Å²) in [6, 6.07) is 7.10. The molecule has 1 unspecified atom stereocenters. The van der Waals surface area contributed by atoms with E-state index in [2.05, 4.69) is 20.8 Å². The van der Waals surface area contributed by atoms with Gasteiger partial charge < -0.3 is 5.32 Å². The molecule has 0 radical (unpaired) electrons. The highest BCUT2D eigenvalue weighted by atomic mass is 19.1. The van der Waals surface area contributed by atoms with Crippen LogP contribution >= 0.6 is 0 Å². The smallest absolute Gasteiger partial charge is 0.165 e. The highest BCUT2D eigenvalue weighted by molar-refractivity contribution is 5.21. The van der Waals surface area contributed by atoms with E-state index in [0.29, 0.717) is 18.2 Å². The topological polar surface area (TPSA) is 55.6 Å². The number of halogens is 1. The third-order valence-corrected chi connectivity index (χ3v) is 3.41. The molecule has 0 saturated heterocycles.